The summed E-state index contributed by atoms with van der Waals surface area (Å²) < 4.78 is 11.3. The van der Waals surface area contributed by atoms with Crippen LogP contribution >= 0.6 is 22.6 Å². The quantitative estimate of drug-likeness (QED) is 0.324. The molecule has 3 rings (SSSR count). The molecule has 0 aliphatic carbocycles. The molecule has 2 aromatic rings. The van der Waals surface area contributed by atoms with Gasteiger partial charge in [0.05, 0.1) is 16.4 Å². The molecule has 1 saturated heterocycles. The second kappa shape index (κ2) is 9.39. The second-order valence-corrected chi connectivity index (χ2v) is 8.18. The predicted octanol–water partition coefficient (Wildman–Crippen LogP) is 2.45. The Kier molecular flexibility index (Phi) is 6.82. The summed E-state index contributed by atoms with van der Waals surface area (Å²) in [6.07, 6.45) is 1.36. The molecule has 10 heteroatoms. The standard InChI is InChI=1S/C22H20IN3O6/c1-11-4-5-14(6-12(11)2)26-21(29)15(20(28)25-22(26)30)7-13-8-16(23)19(17(9-13)31-3)32-10-18(24)27/h4-9H,10H2,1-3H3,(H2,24,27)(H,25,28,30)/b15-7+. The highest BCUT2D eigenvalue weighted by molar-refractivity contribution is 14.1. The number of barbiturate groups is 1. The van der Waals surface area contributed by atoms with Gasteiger partial charge in [-0.25, -0.2) is 9.69 Å². The highest BCUT2D eigenvalue weighted by Crippen LogP contribution is 2.35. The Hall–Kier alpha value is -3.41. The van der Waals surface area contributed by atoms with Gasteiger partial charge in [-0.05, 0) is 83.5 Å². The minimum atomic E-state index is -0.817. The summed E-state index contributed by atoms with van der Waals surface area (Å²) in [5, 5.41) is 2.20. The van der Waals surface area contributed by atoms with Gasteiger partial charge in [-0.2, -0.15) is 0 Å². The van der Waals surface area contributed by atoms with E-state index in [4.69, 9.17) is 15.2 Å². The van der Waals surface area contributed by atoms with Crippen LogP contribution < -0.4 is 25.4 Å². The average Bonchev–Trinajstić information content (AvgIpc) is 2.72. The SMILES string of the molecule is COc1cc(/C=C2\C(=O)NC(=O)N(c3ccc(C)c(C)c3)C2=O)cc(I)c1OCC(N)=O. The highest BCUT2D eigenvalue weighted by Gasteiger charge is 2.37. The number of methoxy groups -OCH3 is 1. The number of nitrogens with two attached hydrogens (primary N) is 1. The second-order valence-electron chi connectivity index (χ2n) is 7.02. The van der Waals surface area contributed by atoms with E-state index < -0.39 is 23.8 Å². The predicted molar refractivity (Wildman–Crippen MR) is 125 cm³/mol. The first-order valence-electron chi connectivity index (χ1n) is 9.39. The smallest absolute Gasteiger partial charge is 0.335 e. The van der Waals surface area contributed by atoms with Crippen molar-refractivity contribution >= 4 is 58.1 Å². The van der Waals surface area contributed by atoms with Crippen molar-refractivity contribution in [1.82, 2.24) is 5.32 Å². The van der Waals surface area contributed by atoms with Crippen LogP contribution in [0.1, 0.15) is 16.7 Å². The number of ether oxygens (including phenoxy) is 2. The van der Waals surface area contributed by atoms with Gasteiger partial charge < -0.3 is 15.2 Å². The molecule has 0 saturated carbocycles. The van der Waals surface area contributed by atoms with Crippen LogP contribution in [0.25, 0.3) is 6.08 Å². The molecule has 0 aromatic heterocycles. The van der Waals surface area contributed by atoms with Crippen LogP contribution in [0.4, 0.5) is 10.5 Å². The largest absolute Gasteiger partial charge is 0.493 e. The number of aryl methyl sites for hydroxylation is 2. The minimum absolute atomic E-state index is 0.216. The van der Waals surface area contributed by atoms with Crippen LogP contribution in [0.5, 0.6) is 11.5 Å². The number of anilines is 1. The number of imide groups is 2. The number of halogens is 1. The van der Waals surface area contributed by atoms with Crippen LogP contribution in [0, 0.1) is 17.4 Å². The van der Waals surface area contributed by atoms with Crippen LogP contribution in [0.2, 0.25) is 0 Å². The first kappa shape index (κ1) is 23.3. The number of urea groups is 1. The fourth-order valence-electron chi connectivity index (χ4n) is 3.03. The van der Waals surface area contributed by atoms with E-state index in [2.05, 4.69) is 5.32 Å². The number of primary amides is 1. The number of carbonyl (C=O) groups excluding carboxylic acids is 4. The molecule has 0 bridgehead atoms. The maximum absolute atomic E-state index is 13.1. The number of benzene rings is 2. The van der Waals surface area contributed by atoms with Gasteiger partial charge in [0.1, 0.15) is 5.57 Å². The zero-order chi connectivity index (χ0) is 23.6. The van der Waals surface area contributed by atoms with Crippen molar-refractivity contribution in [1.29, 1.82) is 0 Å². The van der Waals surface area contributed by atoms with Crippen LogP contribution in [0.15, 0.2) is 35.9 Å². The van der Waals surface area contributed by atoms with Crippen molar-refractivity contribution in [2.45, 2.75) is 13.8 Å². The third-order valence-corrected chi connectivity index (χ3v) is 5.57. The molecule has 0 spiro atoms. The van der Waals surface area contributed by atoms with Gasteiger partial charge in [-0.15, -0.1) is 0 Å². The lowest BCUT2D eigenvalue weighted by Gasteiger charge is -2.27. The van der Waals surface area contributed by atoms with Gasteiger partial charge >= 0.3 is 6.03 Å². The number of hydrogen-bond acceptors (Lipinski definition) is 6. The summed E-state index contributed by atoms with van der Waals surface area (Å²) in [7, 11) is 1.41. The zero-order valence-electron chi connectivity index (χ0n) is 17.5. The Morgan fingerprint density at radius 2 is 1.88 bits per heavy atom. The molecular weight excluding hydrogens is 529 g/mol. The molecular formula is C22H20IN3O6. The Balaban J connectivity index is 2.01. The third-order valence-electron chi connectivity index (χ3n) is 4.77. The maximum atomic E-state index is 13.1. The number of carbonyl (C=O) groups is 4. The first-order valence-corrected chi connectivity index (χ1v) is 10.5. The van der Waals surface area contributed by atoms with Crippen molar-refractivity contribution in [3.8, 4) is 11.5 Å². The lowest BCUT2D eigenvalue weighted by molar-refractivity contribution is -0.123. The van der Waals surface area contributed by atoms with Gasteiger partial charge in [0.2, 0.25) is 0 Å². The summed E-state index contributed by atoms with van der Waals surface area (Å²) in [6.45, 7) is 3.45. The lowest BCUT2D eigenvalue weighted by atomic mass is 10.0. The van der Waals surface area contributed by atoms with Crippen molar-refractivity contribution < 1.29 is 28.7 Å². The zero-order valence-corrected chi connectivity index (χ0v) is 19.7. The normalized spacial score (nSPS) is 15.1. The summed E-state index contributed by atoms with van der Waals surface area (Å²) in [6, 6.07) is 7.51. The molecule has 1 aliphatic heterocycles. The molecule has 5 amide bonds. The molecule has 9 nitrogen and oxygen atoms in total. The van der Waals surface area contributed by atoms with E-state index in [0.717, 1.165) is 16.0 Å². The number of hydrogen-bond donors (Lipinski definition) is 2. The van der Waals surface area contributed by atoms with Crippen molar-refractivity contribution in [2.24, 2.45) is 5.73 Å². The van der Waals surface area contributed by atoms with Gasteiger partial charge in [0.25, 0.3) is 17.7 Å². The van der Waals surface area contributed by atoms with Gasteiger partial charge in [-0.3, -0.25) is 19.7 Å². The van der Waals surface area contributed by atoms with Crippen molar-refractivity contribution in [2.75, 3.05) is 18.6 Å². The van der Waals surface area contributed by atoms with Crippen molar-refractivity contribution in [3.05, 3.63) is 56.2 Å². The van der Waals surface area contributed by atoms with E-state index in [-0.39, 0.29) is 17.9 Å². The summed E-state index contributed by atoms with van der Waals surface area (Å²) >= 11 is 1.97. The molecule has 2 aromatic carbocycles. The third kappa shape index (κ3) is 4.74. The number of rotatable bonds is 6. The first-order chi connectivity index (χ1) is 15.1. The number of nitrogens with one attached hydrogen (secondary N) is 1. The Morgan fingerprint density at radius 3 is 2.50 bits per heavy atom. The average molecular weight is 549 g/mol. The van der Waals surface area contributed by atoms with Gasteiger partial charge in [0, 0.05) is 0 Å². The van der Waals surface area contributed by atoms with E-state index in [1.54, 1.807) is 30.3 Å². The van der Waals surface area contributed by atoms with Crippen LogP contribution in [-0.4, -0.2) is 37.5 Å². The van der Waals surface area contributed by atoms with Gasteiger partial charge in [-0.1, -0.05) is 6.07 Å². The molecule has 1 fully saturated rings. The number of amides is 5. The molecule has 0 radical (unpaired) electrons. The highest BCUT2D eigenvalue weighted by atomic mass is 127. The molecule has 1 heterocycles. The minimum Gasteiger partial charge on any atom is -0.493 e. The molecule has 32 heavy (non-hydrogen) atoms. The molecule has 1 aliphatic rings. The Morgan fingerprint density at radius 1 is 1.16 bits per heavy atom. The fourth-order valence-corrected chi connectivity index (χ4v) is 3.81. The maximum Gasteiger partial charge on any atom is 0.335 e. The fraction of sp³-hybridized carbons (Fsp3) is 0.182. The van der Waals surface area contributed by atoms with E-state index in [1.807, 2.05) is 36.4 Å². The molecule has 0 unspecified atom stereocenters. The van der Waals surface area contributed by atoms with E-state index >= 15 is 0 Å². The molecule has 0 atom stereocenters. The Labute approximate surface area is 197 Å². The van der Waals surface area contributed by atoms with Crippen molar-refractivity contribution in [3.63, 3.8) is 0 Å². The van der Waals surface area contributed by atoms with E-state index in [9.17, 15) is 19.2 Å². The topological polar surface area (TPSA) is 128 Å². The van der Waals surface area contributed by atoms with Gasteiger partial charge in [0.15, 0.2) is 18.1 Å². The monoisotopic (exact) mass is 549 g/mol. The molecule has 166 valence electrons. The van der Waals surface area contributed by atoms with Crippen LogP contribution in [0.3, 0.4) is 0 Å². The number of nitrogens with zero attached hydrogens (tertiary/aromatic N) is 1. The summed E-state index contributed by atoms with van der Waals surface area (Å²) in [5.41, 5.74) is 7.63. The van der Waals surface area contributed by atoms with Crippen LogP contribution in [-0.2, 0) is 14.4 Å². The van der Waals surface area contributed by atoms with E-state index in [0.29, 0.717) is 20.6 Å². The lowest BCUT2D eigenvalue weighted by Crippen LogP contribution is -2.54. The van der Waals surface area contributed by atoms with E-state index in [1.165, 1.54) is 13.2 Å². The summed E-state index contributed by atoms with van der Waals surface area (Å²) in [5.74, 6) is -1.60. The summed E-state index contributed by atoms with van der Waals surface area (Å²) in [4.78, 5) is 49.9. The Bertz CT molecular complexity index is 1170. The molecule has 3 N–H and O–H groups in total.